The minimum Gasteiger partial charge on any atom is -0.312 e. The molecule has 0 saturated carbocycles. The lowest BCUT2D eigenvalue weighted by Crippen LogP contribution is -2.12. The first-order valence-corrected chi connectivity index (χ1v) is 6.49. The molecule has 2 rings (SSSR count). The predicted octanol–water partition coefficient (Wildman–Crippen LogP) is 3.45. The largest absolute Gasteiger partial charge is 0.312 e. The van der Waals surface area contributed by atoms with Crippen molar-refractivity contribution in [2.45, 2.75) is 19.9 Å². The van der Waals surface area contributed by atoms with Gasteiger partial charge in [-0.25, -0.2) is 4.39 Å². The summed E-state index contributed by atoms with van der Waals surface area (Å²) >= 11 is 1.49. The van der Waals surface area contributed by atoms with Crippen molar-refractivity contribution < 1.29 is 4.39 Å². The summed E-state index contributed by atoms with van der Waals surface area (Å²) in [6.07, 6.45) is 1.13. The van der Waals surface area contributed by atoms with Crippen LogP contribution in [0, 0.1) is 5.82 Å². The molecule has 0 radical (unpaired) electrons. The van der Waals surface area contributed by atoms with Gasteiger partial charge in [0, 0.05) is 17.0 Å². The highest BCUT2D eigenvalue weighted by molar-refractivity contribution is 7.06. The highest BCUT2D eigenvalue weighted by Crippen LogP contribution is 2.22. The van der Waals surface area contributed by atoms with E-state index in [0.29, 0.717) is 0 Å². The summed E-state index contributed by atoms with van der Waals surface area (Å²) in [5.74, 6) is -0.214. The number of hydrogen-bond donors (Lipinski definition) is 1. The Labute approximate surface area is 105 Å². The van der Waals surface area contributed by atoms with Gasteiger partial charge >= 0.3 is 0 Å². The smallest absolute Gasteiger partial charge is 0.123 e. The lowest BCUT2D eigenvalue weighted by atomic mass is 10.1. The van der Waals surface area contributed by atoms with Crippen LogP contribution < -0.4 is 5.32 Å². The molecule has 0 saturated heterocycles. The zero-order valence-electron chi connectivity index (χ0n) is 9.74. The predicted molar refractivity (Wildman–Crippen MR) is 69.5 cm³/mol. The minimum atomic E-state index is -0.214. The number of nitrogens with one attached hydrogen (secondary N) is 1. The third-order valence-electron chi connectivity index (χ3n) is 2.42. The average molecular weight is 250 g/mol. The highest BCUT2D eigenvalue weighted by atomic mass is 32.1. The van der Waals surface area contributed by atoms with E-state index in [0.717, 1.165) is 30.8 Å². The number of hydrogen-bond acceptors (Lipinski definition) is 3. The standard InChI is InChI=1S/C13H15FN2S/c1-2-7-15-9-12-8-13(16-17-12)10-3-5-11(14)6-4-10/h3-6,8,15H,2,7,9H2,1H3. The maximum atomic E-state index is 12.8. The Kier molecular flexibility index (Phi) is 4.23. The molecule has 4 heteroatoms. The van der Waals surface area contributed by atoms with Crippen molar-refractivity contribution in [2.75, 3.05) is 6.54 Å². The minimum absolute atomic E-state index is 0.214. The lowest BCUT2D eigenvalue weighted by Gasteiger charge is -1.98. The number of rotatable bonds is 5. The zero-order chi connectivity index (χ0) is 12.1. The Morgan fingerprint density at radius 3 is 2.76 bits per heavy atom. The normalized spacial score (nSPS) is 10.7. The summed E-state index contributed by atoms with van der Waals surface area (Å²) in [5, 5.41) is 3.34. The third kappa shape index (κ3) is 3.35. The first-order valence-electron chi connectivity index (χ1n) is 5.72. The summed E-state index contributed by atoms with van der Waals surface area (Å²) in [6.45, 7) is 4.01. The van der Waals surface area contributed by atoms with Gasteiger partial charge in [-0.15, -0.1) is 0 Å². The summed E-state index contributed by atoms with van der Waals surface area (Å²) < 4.78 is 17.2. The molecule has 0 aliphatic carbocycles. The topological polar surface area (TPSA) is 24.9 Å². The van der Waals surface area contributed by atoms with Crippen molar-refractivity contribution >= 4 is 11.5 Å². The Bertz CT molecular complexity index is 465. The van der Waals surface area contributed by atoms with Crippen LogP contribution in [0.2, 0.25) is 0 Å². The van der Waals surface area contributed by atoms with E-state index in [1.807, 2.05) is 0 Å². The number of halogens is 1. The molecular formula is C13H15FN2S. The van der Waals surface area contributed by atoms with Crippen LogP contribution >= 0.6 is 11.5 Å². The molecule has 17 heavy (non-hydrogen) atoms. The Balaban J connectivity index is 2.04. The van der Waals surface area contributed by atoms with Gasteiger partial charge < -0.3 is 5.32 Å². The Morgan fingerprint density at radius 1 is 1.29 bits per heavy atom. The SMILES string of the molecule is CCCNCc1cc(-c2ccc(F)cc2)ns1. The maximum absolute atomic E-state index is 12.8. The van der Waals surface area contributed by atoms with E-state index in [1.165, 1.54) is 28.5 Å². The molecule has 2 nitrogen and oxygen atoms in total. The summed E-state index contributed by atoms with van der Waals surface area (Å²) in [7, 11) is 0. The Hall–Kier alpha value is -1.26. The molecule has 90 valence electrons. The molecule has 0 fully saturated rings. The van der Waals surface area contributed by atoms with Gasteiger partial charge in [0.25, 0.3) is 0 Å². The van der Waals surface area contributed by atoms with Gasteiger partial charge in [-0.05, 0) is 54.8 Å². The molecule has 0 bridgehead atoms. The molecule has 0 spiro atoms. The summed E-state index contributed by atoms with van der Waals surface area (Å²) in [6, 6.07) is 8.50. The average Bonchev–Trinajstić information content (AvgIpc) is 2.79. The lowest BCUT2D eigenvalue weighted by molar-refractivity contribution is 0.628. The van der Waals surface area contributed by atoms with E-state index in [-0.39, 0.29) is 5.82 Å². The number of aromatic nitrogens is 1. The monoisotopic (exact) mass is 250 g/mol. The van der Waals surface area contributed by atoms with Crippen LogP contribution in [0.5, 0.6) is 0 Å². The van der Waals surface area contributed by atoms with Crippen molar-refractivity contribution in [1.82, 2.24) is 9.69 Å². The van der Waals surface area contributed by atoms with E-state index in [2.05, 4.69) is 22.7 Å². The fraction of sp³-hybridized carbons (Fsp3) is 0.308. The van der Waals surface area contributed by atoms with Gasteiger partial charge in [0.1, 0.15) is 5.82 Å². The first kappa shape index (κ1) is 12.2. The molecular weight excluding hydrogens is 235 g/mol. The fourth-order valence-corrected chi connectivity index (χ4v) is 2.25. The Morgan fingerprint density at radius 2 is 2.06 bits per heavy atom. The van der Waals surface area contributed by atoms with Crippen LogP contribution in [-0.2, 0) is 6.54 Å². The van der Waals surface area contributed by atoms with Crippen LogP contribution in [0.1, 0.15) is 18.2 Å². The second-order valence-electron chi connectivity index (χ2n) is 3.86. The highest BCUT2D eigenvalue weighted by Gasteiger charge is 2.04. The number of benzene rings is 1. The van der Waals surface area contributed by atoms with Gasteiger partial charge in [-0.1, -0.05) is 6.92 Å². The second-order valence-corrected chi connectivity index (χ2v) is 4.75. The van der Waals surface area contributed by atoms with E-state index in [1.54, 1.807) is 12.1 Å². The van der Waals surface area contributed by atoms with Gasteiger partial charge in [-0.3, -0.25) is 0 Å². The molecule has 1 N–H and O–H groups in total. The molecule has 0 atom stereocenters. The molecule has 1 aromatic carbocycles. The van der Waals surface area contributed by atoms with Crippen LogP contribution in [0.15, 0.2) is 30.3 Å². The molecule has 1 heterocycles. The first-order chi connectivity index (χ1) is 8.29. The van der Waals surface area contributed by atoms with Gasteiger partial charge in [0.05, 0.1) is 5.69 Å². The molecule has 1 aromatic heterocycles. The molecule has 0 aliphatic heterocycles. The van der Waals surface area contributed by atoms with Crippen molar-refractivity contribution in [3.63, 3.8) is 0 Å². The van der Waals surface area contributed by atoms with E-state index in [4.69, 9.17) is 0 Å². The quantitative estimate of drug-likeness (QED) is 0.822. The molecule has 0 unspecified atom stereocenters. The van der Waals surface area contributed by atoms with Crippen LogP contribution in [-0.4, -0.2) is 10.9 Å². The summed E-state index contributed by atoms with van der Waals surface area (Å²) in [5.41, 5.74) is 1.88. The number of nitrogens with zero attached hydrogens (tertiary/aromatic N) is 1. The second kappa shape index (κ2) is 5.89. The van der Waals surface area contributed by atoms with Crippen molar-refractivity contribution in [3.8, 4) is 11.3 Å². The maximum Gasteiger partial charge on any atom is 0.123 e. The third-order valence-corrected chi connectivity index (χ3v) is 3.21. The van der Waals surface area contributed by atoms with Crippen LogP contribution in [0.4, 0.5) is 4.39 Å². The van der Waals surface area contributed by atoms with E-state index < -0.39 is 0 Å². The van der Waals surface area contributed by atoms with Crippen molar-refractivity contribution in [1.29, 1.82) is 0 Å². The van der Waals surface area contributed by atoms with E-state index in [9.17, 15) is 4.39 Å². The molecule has 0 amide bonds. The molecule has 2 aromatic rings. The van der Waals surface area contributed by atoms with Crippen molar-refractivity contribution in [2.24, 2.45) is 0 Å². The van der Waals surface area contributed by atoms with E-state index >= 15 is 0 Å². The summed E-state index contributed by atoms with van der Waals surface area (Å²) in [4.78, 5) is 1.21. The van der Waals surface area contributed by atoms with Crippen LogP contribution in [0.25, 0.3) is 11.3 Å². The zero-order valence-corrected chi connectivity index (χ0v) is 10.6. The molecule has 0 aliphatic rings. The van der Waals surface area contributed by atoms with Crippen molar-refractivity contribution in [3.05, 3.63) is 41.0 Å². The van der Waals surface area contributed by atoms with Gasteiger partial charge in [0.15, 0.2) is 0 Å². The fourth-order valence-electron chi connectivity index (χ4n) is 1.54. The van der Waals surface area contributed by atoms with Crippen LogP contribution in [0.3, 0.4) is 0 Å². The van der Waals surface area contributed by atoms with Gasteiger partial charge in [0.2, 0.25) is 0 Å². The van der Waals surface area contributed by atoms with Gasteiger partial charge in [-0.2, -0.15) is 4.37 Å².